The Morgan fingerprint density at radius 1 is 1.17 bits per heavy atom. The minimum Gasteiger partial charge on any atom is -0.368 e. The summed E-state index contributed by atoms with van der Waals surface area (Å²) in [7, 11) is 0. The van der Waals surface area contributed by atoms with Crippen LogP contribution < -0.4 is 5.73 Å². The predicted octanol–water partition coefficient (Wildman–Crippen LogP) is 0.511. The maximum atomic E-state index is 13.5. The first-order chi connectivity index (χ1) is 8.65. The van der Waals surface area contributed by atoms with Gasteiger partial charge < -0.3 is 5.73 Å². The van der Waals surface area contributed by atoms with E-state index < -0.39 is 6.17 Å². The molecule has 2 aliphatic heterocycles. The van der Waals surface area contributed by atoms with Crippen molar-refractivity contribution in [1.82, 2.24) is 9.80 Å². The quantitative estimate of drug-likeness (QED) is 0.799. The molecule has 2 heterocycles. The van der Waals surface area contributed by atoms with Crippen LogP contribution in [0, 0.1) is 0 Å². The highest BCUT2D eigenvalue weighted by Gasteiger charge is 2.42. The van der Waals surface area contributed by atoms with Gasteiger partial charge in [-0.2, -0.15) is 0 Å². The Balaban J connectivity index is 1.66. The molecule has 0 aromatic rings. The number of hydrogen-bond acceptors (Lipinski definition) is 3. The fraction of sp³-hybridized carbons (Fsp3) is 0.923. The third kappa shape index (κ3) is 2.38. The summed E-state index contributed by atoms with van der Waals surface area (Å²) in [6, 6.07) is 0.686. The van der Waals surface area contributed by atoms with E-state index in [2.05, 4.69) is 4.90 Å². The molecule has 0 aromatic heterocycles. The van der Waals surface area contributed by atoms with Crippen LogP contribution in [0.25, 0.3) is 0 Å². The Bertz CT molecular complexity index is 334. The molecular weight excluding hydrogens is 233 g/mol. The van der Waals surface area contributed by atoms with Crippen LogP contribution in [-0.2, 0) is 4.79 Å². The van der Waals surface area contributed by atoms with Crippen LogP contribution in [0.4, 0.5) is 4.39 Å². The molecular formula is C13H22FN3O. The number of amides is 1. The number of nitrogens with zero attached hydrogens (tertiary/aromatic N) is 2. The van der Waals surface area contributed by atoms with Crippen molar-refractivity contribution in [3.05, 3.63) is 0 Å². The summed E-state index contributed by atoms with van der Waals surface area (Å²) in [5.74, 6) is -0.362. The maximum Gasteiger partial charge on any atom is 0.234 e. The smallest absolute Gasteiger partial charge is 0.234 e. The molecule has 1 saturated carbocycles. The molecule has 3 fully saturated rings. The Morgan fingerprint density at radius 3 is 2.61 bits per heavy atom. The van der Waals surface area contributed by atoms with E-state index in [4.69, 9.17) is 5.73 Å². The van der Waals surface area contributed by atoms with Gasteiger partial charge in [0.05, 0.1) is 6.04 Å². The molecule has 3 rings (SSSR count). The highest BCUT2D eigenvalue weighted by Crippen LogP contribution is 2.32. The summed E-state index contributed by atoms with van der Waals surface area (Å²) in [6.07, 6.45) is 4.23. The van der Waals surface area contributed by atoms with Gasteiger partial charge in [0.15, 0.2) is 0 Å². The average molecular weight is 255 g/mol. The monoisotopic (exact) mass is 255 g/mol. The van der Waals surface area contributed by atoms with Gasteiger partial charge in [-0.1, -0.05) is 0 Å². The first-order valence-electron chi connectivity index (χ1n) is 7.08. The number of carbonyl (C=O) groups is 1. The molecule has 2 unspecified atom stereocenters. The molecule has 2 N–H and O–H groups in total. The van der Waals surface area contributed by atoms with Crippen LogP contribution in [0.15, 0.2) is 0 Å². The number of carbonyl (C=O) groups excluding carboxylic acids is 1. The molecule has 0 spiro atoms. The molecule has 0 radical (unpaired) electrons. The van der Waals surface area contributed by atoms with Crippen LogP contribution in [0.1, 0.15) is 32.1 Å². The van der Waals surface area contributed by atoms with Crippen LogP contribution >= 0.6 is 0 Å². The number of likely N-dealkylation sites (tertiary alicyclic amines) is 2. The van der Waals surface area contributed by atoms with Crippen LogP contribution in [0.3, 0.4) is 0 Å². The summed E-state index contributed by atoms with van der Waals surface area (Å²) < 4.78 is 13.5. The lowest BCUT2D eigenvalue weighted by atomic mass is 10.0. The average Bonchev–Trinajstić information content (AvgIpc) is 3.12. The number of alkyl halides is 1. The van der Waals surface area contributed by atoms with Crippen molar-refractivity contribution in [2.24, 2.45) is 5.73 Å². The Kier molecular flexibility index (Phi) is 3.28. The van der Waals surface area contributed by atoms with Gasteiger partial charge >= 0.3 is 0 Å². The van der Waals surface area contributed by atoms with E-state index >= 15 is 0 Å². The number of rotatable bonds is 3. The summed E-state index contributed by atoms with van der Waals surface area (Å²) >= 11 is 0. The lowest BCUT2D eigenvalue weighted by Gasteiger charge is -2.39. The normalized spacial score (nSPS) is 39.1. The summed E-state index contributed by atoms with van der Waals surface area (Å²) in [5.41, 5.74) is 5.40. The van der Waals surface area contributed by atoms with E-state index in [0.717, 1.165) is 32.0 Å². The molecule has 1 amide bonds. The van der Waals surface area contributed by atoms with Crippen molar-refractivity contribution in [2.45, 2.75) is 56.4 Å². The van der Waals surface area contributed by atoms with Crippen LogP contribution in [0.5, 0.6) is 0 Å². The molecule has 18 heavy (non-hydrogen) atoms. The third-order valence-corrected chi connectivity index (χ3v) is 4.58. The zero-order chi connectivity index (χ0) is 12.7. The zero-order valence-corrected chi connectivity index (χ0v) is 10.7. The Hall–Kier alpha value is -0.680. The Morgan fingerprint density at radius 2 is 1.94 bits per heavy atom. The van der Waals surface area contributed by atoms with Crippen molar-refractivity contribution in [3.63, 3.8) is 0 Å². The topological polar surface area (TPSA) is 49.6 Å². The highest BCUT2D eigenvalue weighted by molar-refractivity contribution is 5.80. The van der Waals surface area contributed by atoms with Gasteiger partial charge in [0.2, 0.25) is 5.91 Å². The number of piperidine rings is 1. The van der Waals surface area contributed by atoms with Crippen LogP contribution in [-0.4, -0.2) is 59.6 Å². The number of hydrogen-bond donors (Lipinski definition) is 1. The lowest BCUT2D eigenvalue weighted by Crippen LogP contribution is -2.53. The minimum absolute atomic E-state index is 0.287. The van der Waals surface area contributed by atoms with E-state index in [1.165, 1.54) is 12.8 Å². The van der Waals surface area contributed by atoms with Crippen LogP contribution in [0.2, 0.25) is 0 Å². The predicted molar refractivity (Wildman–Crippen MR) is 66.8 cm³/mol. The van der Waals surface area contributed by atoms with Crippen molar-refractivity contribution in [2.75, 3.05) is 19.6 Å². The fourth-order valence-electron chi connectivity index (χ4n) is 3.52. The van der Waals surface area contributed by atoms with Crippen molar-refractivity contribution in [3.8, 4) is 0 Å². The second-order valence-corrected chi connectivity index (χ2v) is 5.97. The largest absolute Gasteiger partial charge is 0.368 e. The first kappa shape index (κ1) is 12.4. The Labute approximate surface area is 107 Å². The van der Waals surface area contributed by atoms with Gasteiger partial charge in [-0.05, 0) is 32.2 Å². The summed E-state index contributed by atoms with van der Waals surface area (Å²) in [5, 5.41) is 0. The van der Waals surface area contributed by atoms with Gasteiger partial charge in [0.25, 0.3) is 0 Å². The fourth-order valence-corrected chi connectivity index (χ4v) is 3.52. The molecule has 0 bridgehead atoms. The van der Waals surface area contributed by atoms with Crippen molar-refractivity contribution in [1.29, 1.82) is 0 Å². The molecule has 102 valence electrons. The second-order valence-electron chi connectivity index (χ2n) is 5.97. The van der Waals surface area contributed by atoms with E-state index in [1.807, 2.05) is 4.90 Å². The lowest BCUT2D eigenvalue weighted by molar-refractivity contribution is -0.123. The molecule has 2 saturated heterocycles. The maximum absolute atomic E-state index is 13.5. The summed E-state index contributed by atoms with van der Waals surface area (Å²) in [6.45, 7) is 2.53. The van der Waals surface area contributed by atoms with E-state index in [-0.39, 0.29) is 18.4 Å². The number of halogens is 1. The van der Waals surface area contributed by atoms with E-state index in [9.17, 15) is 9.18 Å². The van der Waals surface area contributed by atoms with Gasteiger partial charge in [-0.3, -0.25) is 14.6 Å². The molecule has 4 nitrogen and oxygen atoms in total. The standard InChI is InChI=1S/C13H22FN3O/c14-9-6-12(13(15)18)17(7-9)11-2-1-5-16(8-11)10-3-4-10/h9-12H,1-8H2,(H2,15,18)/t9?,11-,12?/m1/s1. The first-order valence-corrected chi connectivity index (χ1v) is 7.08. The van der Waals surface area contributed by atoms with Gasteiger partial charge in [0.1, 0.15) is 6.17 Å². The van der Waals surface area contributed by atoms with E-state index in [1.54, 1.807) is 0 Å². The van der Waals surface area contributed by atoms with Gasteiger partial charge in [-0.15, -0.1) is 0 Å². The second kappa shape index (κ2) is 4.78. The van der Waals surface area contributed by atoms with Crippen molar-refractivity contribution < 1.29 is 9.18 Å². The third-order valence-electron chi connectivity index (χ3n) is 4.58. The molecule has 3 atom stereocenters. The number of primary amides is 1. The van der Waals surface area contributed by atoms with Gasteiger partial charge in [0, 0.05) is 31.6 Å². The molecule has 3 aliphatic rings. The van der Waals surface area contributed by atoms with Crippen molar-refractivity contribution >= 4 is 5.91 Å². The highest BCUT2D eigenvalue weighted by atomic mass is 19.1. The number of nitrogens with two attached hydrogens (primary N) is 1. The summed E-state index contributed by atoms with van der Waals surface area (Å²) in [4.78, 5) is 16.0. The zero-order valence-electron chi connectivity index (χ0n) is 10.7. The molecule has 5 heteroatoms. The minimum atomic E-state index is -0.890. The molecule has 0 aromatic carbocycles. The van der Waals surface area contributed by atoms with Gasteiger partial charge in [-0.25, -0.2) is 4.39 Å². The van der Waals surface area contributed by atoms with E-state index in [0.29, 0.717) is 12.6 Å². The SMILES string of the molecule is NC(=O)C1CC(F)CN1[C@@H]1CCCN(C2CC2)C1. The molecule has 1 aliphatic carbocycles.